The fourth-order valence-corrected chi connectivity index (χ4v) is 8.71. The topological polar surface area (TPSA) is 125 Å². The van der Waals surface area contributed by atoms with Crippen LogP contribution < -0.4 is 4.57 Å². The van der Waals surface area contributed by atoms with E-state index >= 15 is 0 Å². The fourth-order valence-electron chi connectivity index (χ4n) is 8.71. The van der Waals surface area contributed by atoms with Gasteiger partial charge >= 0.3 is 5.97 Å². The molecule has 0 radical (unpaired) electrons. The molecule has 3 aromatic rings. The summed E-state index contributed by atoms with van der Waals surface area (Å²) in [6.45, 7) is 13.5. The molecular weight excluding hydrogens is 689 g/mol. The summed E-state index contributed by atoms with van der Waals surface area (Å²) in [5, 5.41) is 0. The third kappa shape index (κ3) is 6.91. The van der Waals surface area contributed by atoms with Crippen LogP contribution in [0.4, 0.5) is 0 Å². The minimum Gasteiger partial charge on any atom is -0.469 e. The maximum atomic E-state index is 15.0. The number of ether oxygens (including phenoxy) is 1. The Morgan fingerprint density at radius 2 is 1.49 bits per heavy atom. The maximum absolute atomic E-state index is 15.0. The molecule has 7 rings (SSSR count). The van der Waals surface area contributed by atoms with E-state index in [0.29, 0.717) is 41.8 Å². The summed E-state index contributed by atoms with van der Waals surface area (Å²) >= 11 is 0. The fraction of sp³-hybridized carbons (Fsp3) is 0.422. The molecule has 0 saturated heterocycles. The molecule has 4 aliphatic rings. The maximum Gasteiger partial charge on any atom is 0.305 e. The summed E-state index contributed by atoms with van der Waals surface area (Å²) in [4.78, 5) is 61.6. The predicted molar refractivity (Wildman–Crippen MR) is 216 cm³/mol. The number of esters is 1. The number of nitrogens with zero attached hydrogens (tertiary/aromatic N) is 4. The van der Waals surface area contributed by atoms with Gasteiger partial charge in [0.1, 0.15) is 0 Å². The molecule has 55 heavy (non-hydrogen) atoms. The van der Waals surface area contributed by atoms with E-state index in [0.717, 1.165) is 94.8 Å². The zero-order valence-corrected chi connectivity index (χ0v) is 33.3. The smallest absolute Gasteiger partial charge is 0.305 e. The minimum absolute atomic E-state index is 0.0862. The number of hydrogen-bond donors (Lipinski definition) is 2. The van der Waals surface area contributed by atoms with Gasteiger partial charge < -0.3 is 14.7 Å². The van der Waals surface area contributed by atoms with Crippen molar-refractivity contribution in [3.05, 3.63) is 99.6 Å². The van der Waals surface area contributed by atoms with Gasteiger partial charge in [-0.1, -0.05) is 53.0 Å². The Morgan fingerprint density at radius 1 is 0.836 bits per heavy atom. The van der Waals surface area contributed by atoms with E-state index < -0.39 is 0 Å². The van der Waals surface area contributed by atoms with Crippen LogP contribution in [0.1, 0.15) is 165 Å². The first-order valence-corrected chi connectivity index (χ1v) is 20.0. The molecule has 10 heteroatoms. The number of fused-ring (bicyclic) bond motifs is 8. The van der Waals surface area contributed by atoms with Crippen molar-refractivity contribution >= 4 is 51.1 Å². The number of amides is 2. The molecular formula is C45H53N6O4+. The lowest BCUT2D eigenvalue weighted by Gasteiger charge is -2.27. The number of aromatic nitrogens is 5. The Balaban J connectivity index is 1.62. The molecule has 2 amide bonds. The minimum atomic E-state index is -0.326. The summed E-state index contributed by atoms with van der Waals surface area (Å²) in [5.74, 6) is -1.24. The first-order chi connectivity index (χ1) is 26.6. The normalized spacial score (nSPS) is 17.3. The van der Waals surface area contributed by atoms with Crippen LogP contribution in [0.5, 0.6) is 0 Å². The van der Waals surface area contributed by atoms with Crippen LogP contribution in [-0.4, -0.2) is 56.3 Å². The van der Waals surface area contributed by atoms with Gasteiger partial charge in [-0.2, -0.15) is 0 Å². The molecule has 0 aliphatic carbocycles. The molecule has 2 atom stereocenters. The predicted octanol–water partition coefficient (Wildman–Crippen LogP) is 9.07. The molecule has 286 valence electrons. The first kappa shape index (κ1) is 37.9. The Kier molecular flexibility index (Phi) is 10.9. The van der Waals surface area contributed by atoms with Gasteiger partial charge in [0.15, 0.2) is 18.9 Å². The second kappa shape index (κ2) is 15.8. The van der Waals surface area contributed by atoms with Gasteiger partial charge in [-0.15, -0.1) is 0 Å². The Hall–Kier alpha value is -5.38. The average Bonchev–Trinajstić information content (AvgIpc) is 3.87. The highest BCUT2D eigenvalue weighted by Crippen LogP contribution is 2.45. The second-order valence-corrected chi connectivity index (χ2v) is 15.1. The molecule has 2 N–H and O–H groups in total. The zero-order valence-electron chi connectivity index (χ0n) is 33.3. The number of carbonyl (C=O) groups excluding carboxylic acids is 3. The molecule has 0 fully saturated rings. The molecule has 7 heterocycles. The van der Waals surface area contributed by atoms with Crippen molar-refractivity contribution in [2.75, 3.05) is 13.7 Å². The van der Waals surface area contributed by atoms with Gasteiger partial charge in [0.05, 0.1) is 57.6 Å². The van der Waals surface area contributed by atoms with E-state index in [1.165, 1.54) is 17.6 Å². The molecule has 0 saturated carbocycles. The number of unbranched alkanes of at least 4 members (excludes halogenated alkanes) is 3. The number of hydrogen-bond acceptors (Lipinski definition) is 6. The van der Waals surface area contributed by atoms with E-state index in [1.54, 1.807) is 0 Å². The van der Waals surface area contributed by atoms with Crippen molar-refractivity contribution in [2.45, 2.75) is 111 Å². The Labute approximate surface area is 323 Å². The van der Waals surface area contributed by atoms with E-state index in [-0.39, 0.29) is 36.0 Å². The quantitative estimate of drug-likeness (QED) is 0.0826. The van der Waals surface area contributed by atoms with Crippen molar-refractivity contribution in [3.63, 3.8) is 0 Å². The van der Waals surface area contributed by atoms with Crippen molar-refractivity contribution in [2.24, 2.45) is 0 Å². The molecule has 8 bridgehead atoms. The van der Waals surface area contributed by atoms with Crippen LogP contribution in [0, 0.1) is 0 Å². The van der Waals surface area contributed by atoms with E-state index in [2.05, 4.69) is 74.3 Å². The standard InChI is InChI=1S/C45H52N6O4/c1-8-11-12-16-21-51-44(53)40-32(25-50-19-14-13-15-20-50)38-24-37-30(10-3)27(5)34(47-37)23-36-29(9-2)26(4)33(46-36)22-35-28(6)31(17-18-39(52)55-7)42(48-35)41(45(51)54)43(40)49-38/h13-15,19-20,22-24,28,31H,8-12,16-18,21,25H2,1-7H3,(H-,46,47,48,49,53,54)/p+1/t28-,31-/m0/s1. The van der Waals surface area contributed by atoms with Gasteiger partial charge in [0, 0.05) is 48.3 Å². The highest BCUT2D eigenvalue weighted by atomic mass is 16.5. The summed E-state index contributed by atoms with van der Waals surface area (Å²) in [6.07, 6.45) is 9.93. The number of carbonyl (C=O) groups is 3. The summed E-state index contributed by atoms with van der Waals surface area (Å²) in [5.41, 5.74) is 12.6. The van der Waals surface area contributed by atoms with Gasteiger partial charge in [-0.05, 0) is 80.0 Å². The Bertz CT molecular complexity index is 2310. The van der Waals surface area contributed by atoms with Crippen molar-refractivity contribution < 1.29 is 23.7 Å². The lowest BCUT2D eigenvalue weighted by atomic mass is 9.84. The monoisotopic (exact) mass is 741 g/mol. The number of methoxy groups -OCH3 is 1. The van der Waals surface area contributed by atoms with E-state index in [4.69, 9.17) is 14.7 Å². The lowest BCUT2D eigenvalue weighted by molar-refractivity contribution is -0.688. The molecule has 4 aliphatic heterocycles. The van der Waals surface area contributed by atoms with E-state index in [9.17, 15) is 14.4 Å². The molecule has 3 aromatic heterocycles. The van der Waals surface area contributed by atoms with Crippen molar-refractivity contribution in [3.8, 4) is 0 Å². The molecule has 0 spiro atoms. The number of imide groups is 1. The second-order valence-electron chi connectivity index (χ2n) is 15.1. The summed E-state index contributed by atoms with van der Waals surface area (Å²) < 4.78 is 7.14. The van der Waals surface area contributed by atoms with Crippen LogP contribution in [0.2, 0.25) is 0 Å². The summed E-state index contributed by atoms with van der Waals surface area (Å²) in [7, 11) is 1.40. The number of rotatable bonds is 12. The van der Waals surface area contributed by atoms with Crippen LogP contribution in [0.25, 0.3) is 33.3 Å². The van der Waals surface area contributed by atoms with Gasteiger partial charge in [0.25, 0.3) is 11.8 Å². The molecule has 0 unspecified atom stereocenters. The van der Waals surface area contributed by atoms with Crippen LogP contribution in [-0.2, 0) is 16.1 Å². The Morgan fingerprint density at radius 3 is 2.15 bits per heavy atom. The highest BCUT2D eigenvalue weighted by molar-refractivity contribution is 6.23. The van der Waals surface area contributed by atoms with Gasteiger partial charge in [0.2, 0.25) is 0 Å². The van der Waals surface area contributed by atoms with E-state index in [1.807, 2.05) is 30.6 Å². The summed E-state index contributed by atoms with van der Waals surface area (Å²) in [6, 6.07) is 12.2. The highest BCUT2D eigenvalue weighted by Gasteiger charge is 2.41. The number of allylic oxidation sites excluding steroid dienone is 4. The van der Waals surface area contributed by atoms with Crippen LogP contribution >= 0.6 is 0 Å². The van der Waals surface area contributed by atoms with Gasteiger partial charge in [-0.3, -0.25) is 19.3 Å². The third-order valence-corrected chi connectivity index (χ3v) is 11.9. The molecule has 0 aromatic carbocycles. The van der Waals surface area contributed by atoms with Crippen LogP contribution in [0.15, 0.2) is 48.8 Å². The SMILES string of the molecule is CCCCCCN1C(=O)c2c3[nH]c(cc4nc(cc5nc(cc6[nH]c2c(c6C[n+]2ccccc2)C1=O)C(CC)=C5C)C(CC)=C4C)[C@@H](C)[C@@H]3CCC(=O)OC. The third-order valence-electron chi connectivity index (χ3n) is 11.9. The number of pyridine rings is 1. The average molecular weight is 742 g/mol. The zero-order chi connectivity index (χ0) is 39.0. The lowest BCUT2D eigenvalue weighted by Crippen LogP contribution is -2.42. The number of H-pyrrole nitrogens is 2. The number of nitrogens with one attached hydrogen (secondary N) is 2. The van der Waals surface area contributed by atoms with Crippen LogP contribution in [0.3, 0.4) is 0 Å². The van der Waals surface area contributed by atoms with Crippen molar-refractivity contribution in [1.82, 2.24) is 24.8 Å². The first-order valence-electron chi connectivity index (χ1n) is 20.0. The van der Waals surface area contributed by atoms with Crippen molar-refractivity contribution in [1.29, 1.82) is 0 Å². The number of aromatic amines is 2. The molecule has 10 nitrogen and oxygen atoms in total. The van der Waals surface area contributed by atoms with Gasteiger partial charge in [-0.25, -0.2) is 14.5 Å². The largest absolute Gasteiger partial charge is 0.469 e.